The van der Waals surface area contributed by atoms with E-state index < -0.39 is 15.6 Å². The van der Waals surface area contributed by atoms with Gasteiger partial charge >= 0.3 is 0 Å². The van der Waals surface area contributed by atoms with E-state index in [-0.39, 0.29) is 22.8 Å². The minimum absolute atomic E-state index is 0.0337. The van der Waals surface area contributed by atoms with Crippen LogP contribution in [0.2, 0.25) is 0 Å². The van der Waals surface area contributed by atoms with Gasteiger partial charge in [-0.2, -0.15) is 0 Å². The molecule has 1 fully saturated rings. The molecule has 1 heterocycles. The van der Waals surface area contributed by atoms with Crippen molar-refractivity contribution in [3.63, 3.8) is 0 Å². The average molecular weight is 356 g/mol. The molecule has 1 amide bonds. The number of hydrogen-bond acceptors (Lipinski definition) is 4. The first-order chi connectivity index (χ1) is 11.2. The zero-order valence-electron chi connectivity index (χ0n) is 14.7. The highest BCUT2D eigenvalue weighted by Crippen LogP contribution is 2.19. The standard InChI is InChI=1S/C17H28N2O4S/c1-17(2,3)19-24(21,22)15-12-11-14(23-15)16(20)18-13-9-7-5-4-6-8-10-13/h11-13,19H,4-10H2,1-3H3,(H,18,20). The van der Waals surface area contributed by atoms with Crippen LogP contribution < -0.4 is 10.0 Å². The Kier molecular flexibility index (Phi) is 6.09. The van der Waals surface area contributed by atoms with Gasteiger partial charge in [0.25, 0.3) is 15.9 Å². The van der Waals surface area contributed by atoms with Gasteiger partial charge in [0, 0.05) is 11.6 Å². The number of nitrogens with one attached hydrogen (secondary N) is 2. The second-order valence-electron chi connectivity index (χ2n) is 7.49. The van der Waals surface area contributed by atoms with Gasteiger partial charge in [0.05, 0.1) is 0 Å². The summed E-state index contributed by atoms with van der Waals surface area (Å²) in [5.74, 6) is -0.316. The smallest absolute Gasteiger partial charge is 0.287 e. The monoisotopic (exact) mass is 356 g/mol. The van der Waals surface area contributed by atoms with Crippen LogP contribution in [0.5, 0.6) is 0 Å². The van der Waals surface area contributed by atoms with Gasteiger partial charge in [-0.25, -0.2) is 13.1 Å². The summed E-state index contributed by atoms with van der Waals surface area (Å²) < 4.78 is 32.2. The van der Waals surface area contributed by atoms with Crippen molar-refractivity contribution in [1.29, 1.82) is 0 Å². The quantitative estimate of drug-likeness (QED) is 0.867. The van der Waals surface area contributed by atoms with Gasteiger partial charge in [0.2, 0.25) is 5.09 Å². The number of hydrogen-bond donors (Lipinski definition) is 2. The van der Waals surface area contributed by atoms with Crippen LogP contribution in [0.3, 0.4) is 0 Å². The van der Waals surface area contributed by atoms with Crippen LogP contribution >= 0.6 is 0 Å². The van der Waals surface area contributed by atoms with E-state index in [9.17, 15) is 13.2 Å². The largest absolute Gasteiger partial charge is 0.438 e. The number of rotatable bonds is 4. The molecule has 1 aromatic rings. The lowest BCUT2D eigenvalue weighted by Crippen LogP contribution is -2.40. The normalized spacial score (nSPS) is 18.0. The summed E-state index contributed by atoms with van der Waals surface area (Å²) in [5.41, 5.74) is -0.618. The van der Waals surface area contributed by atoms with E-state index in [0.717, 1.165) is 25.7 Å². The molecule has 1 aromatic heterocycles. The zero-order chi connectivity index (χ0) is 17.8. The highest BCUT2D eigenvalue weighted by atomic mass is 32.2. The van der Waals surface area contributed by atoms with Crippen molar-refractivity contribution >= 4 is 15.9 Å². The molecule has 0 spiro atoms. The fourth-order valence-electron chi connectivity index (χ4n) is 2.90. The van der Waals surface area contributed by atoms with Crippen molar-refractivity contribution < 1.29 is 17.6 Å². The molecule has 24 heavy (non-hydrogen) atoms. The molecule has 0 radical (unpaired) electrons. The predicted octanol–water partition coefficient (Wildman–Crippen LogP) is 3.20. The Morgan fingerprint density at radius 2 is 1.67 bits per heavy atom. The van der Waals surface area contributed by atoms with E-state index in [1.807, 2.05) is 0 Å². The Balaban J connectivity index is 2.02. The molecule has 0 aliphatic heterocycles. The van der Waals surface area contributed by atoms with Gasteiger partial charge in [0.1, 0.15) is 0 Å². The van der Waals surface area contributed by atoms with Crippen LogP contribution in [-0.2, 0) is 10.0 Å². The van der Waals surface area contributed by atoms with Gasteiger partial charge in [0.15, 0.2) is 5.76 Å². The first kappa shape index (κ1) is 19.0. The van der Waals surface area contributed by atoms with Crippen molar-refractivity contribution in [3.05, 3.63) is 17.9 Å². The molecular weight excluding hydrogens is 328 g/mol. The van der Waals surface area contributed by atoms with Crippen LogP contribution in [-0.4, -0.2) is 25.9 Å². The third-order valence-electron chi connectivity index (χ3n) is 3.95. The van der Waals surface area contributed by atoms with Crippen LogP contribution in [0.4, 0.5) is 0 Å². The SMILES string of the molecule is CC(C)(C)NS(=O)(=O)c1ccc(C(=O)NC2CCCCCCC2)o1. The lowest BCUT2D eigenvalue weighted by atomic mass is 9.97. The van der Waals surface area contributed by atoms with Gasteiger partial charge < -0.3 is 9.73 Å². The fraction of sp³-hybridized carbons (Fsp3) is 0.706. The minimum Gasteiger partial charge on any atom is -0.438 e. The maximum atomic E-state index is 12.3. The number of carbonyl (C=O) groups is 1. The van der Waals surface area contributed by atoms with E-state index in [4.69, 9.17) is 4.42 Å². The van der Waals surface area contributed by atoms with Crippen molar-refractivity contribution in [3.8, 4) is 0 Å². The summed E-state index contributed by atoms with van der Waals surface area (Å²) in [7, 11) is -3.77. The van der Waals surface area contributed by atoms with Gasteiger partial charge in [-0.3, -0.25) is 4.79 Å². The number of furan rings is 1. The van der Waals surface area contributed by atoms with E-state index in [0.29, 0.717) is 0 Å². The van der Waals surface area contributed by atoms with E-state index >= 15 is 0 Å². The minimum atomic E-state index is -3.77. The molecule has 136 valence electrons. The molecule has 1 saturated carbocycles. The van der Waals surface area contributed by atoms with E-state index in [2.05, 4.69) is 10.0 Å². The second-order valence-corrected chi connectivity index (χ2v) is 9.10. The third kappa shape index (κ3) is 5.63. The first-order valence-electron chi connectivity index (χ1n) is 8.62. The molecule has 0 aromatic carbocycles. The molecule has 0 unspecified atom stereocenters. The maximum Gasteiger partial charge on any atom is 0.287 e. The molecule has 1 aliphatic rings. The molecule has 0 atom stereocenters. The highest BCUT2D eigenvalue weighted by Gasteiger charge is 2.26. The second kappa shape index (κ2) is 7.70. The van der Waals surface area contributed by atoms with E-state index in [1.165, 1.54) is 31.4 Å². The van der Waals surface area contributed by atoms with Crippen LogP contribution in [0, 0.1) is 0 Å². The lowest BCUT2D eigenvalue weighted by molar-refractivity contribution is 0.0897. The Labute approximate surface area is 144 Å². The van der Waals surface area contributed by atoms with Crippen LogP contribution in [0.25, 0.3) is 0 Å². The molecule has 2 N–H and O–H groups in total. The van der Waals surface area contributed by atoms with Crippen molar-refractivity contribution in [2.45, 2.75) is 82.4 Å². The molecular formula is C17H28N2O4S. The summed E-state index contributed by atoms with van der Waals surface area (Å²) in [6, 6.07) is 2.87. The van der Waals surface area contributed by atoms with Gasteiger partial charge in [-0.1, -0.05) is 32.1 Å². The molecule has 1 aliphatic carbocycles. The predicted molar refractivity (Wildman–Crippen MR) is 92.4 cm³/mol. The van der Waals surface area contributed by atoms with Crippen LogP contribution in [0.1, 0.15) is 76.3 Å². The Morgan fingerprint density at radius 3 is 2.25 bits per heavy atom. The Bertz CT molecular complexity index is 650. The van der Waals surface area contributed by atoms with E-state index in [1.54, 1.807) is 20.8 Å². The zero-order valence-corrected chi connectivity index (χ0v) is 15.5. The summed E-state index contributed by atoms with van der Waals surface area (Å²) >= 11 is 0. The molecule has 6 nitrogen and oxygen atoms in total. The summed E-state index contributed by atoms with van der Waals surface area (Å²) in [4.78, 5) is 12.3. The molecule has 7 heteroatoms. The average Bonchev–Trinajstić information content (AvgIpc) is 2.89. The van der Waals surface area contributed by atoms with Gasteiger partial charge in [-0.05, 0) is 45.7 Å². The lowest BCUT2D eigenvalue weighted by Gasteiger charge is -2.20. The fourth-order valence-corrected chi connectivity index (χ4v) is 4.25. The first-order valence-corrected chi connectivity index (χ1v) is 10.1. The summed E-state index contributed by atoms with van der Waals surface area (Å²) in [6.45, 7) is 5.24. The van der Waals surface area contributed by atoms with Gasteiger partial charge in [-0.15, -0.1) is 0 Å². The van der Waals surface area contributed by atoms with Crippen molar-refractivity contribution in [1.82, 2.24) is 10.0 Å². The molecule has 0 saturated heterocycles. The number of amides is 1. The van der Waals surface area contributed by atoms with Crippen molar-refractivity contribution in [2.24, 2.45) is 0 Å². The highest BCUT2D eigenvalue weighted by molar-refractivity contribution is 7.89. The molecule has 0 bridgehead atoms. The third-order valence-corrected chi connectivity index (χ3v) is 5.58. The number of sulfonamides is 1. The topological polar surface area (TPSA) is 88.4 Å². The Hall–Kier alpha value is -1.34. The van der Waals surface area contributed by atoms with Crippen molar-refractivity contribution in [2.75, 3.05) is 0 Å². The summed E-state index contributed by atoms with van der Waals surface area (Å²) in [5, 5.41) is 2.73. The van der Waals surface area contributed by atoms with Crippen LogP contribution in [0.15, 0.2) is 21.6 Å². The summed E-state index contributed by atoms with van der Waals surface area (Å²) in [6.07, 6.45) is 7.81. The molecule has 2 rings (SSSR count). The number of carbonyl (C=O) groups excluding carboxylic acids is 1. The maximum absolute atomic E-state index is 12.3. The Morgan fingerprint density at radius 1 is 1.08 bits per heavy atom.